The first-order valence-electron chi connectivity index (χ1n) is 11.9. The first kappa shape index (κ1) is 27.0. The Labute approximate surface area is 196 Å². The molecule has 184 valence electrons. The molecule has 33 heavy (non-hydrogen) atoms. The van der Waals surface area contributed by atoms with Crippen LogP contribution in [0.15, 0.2) is 48.5 Å². The average Bonchev–Trinajstić information content (AvgIpc) is 2.79. The number of halogens is 3. The van der Waals surface area contributed by atoms with Crippen LogP contribution in [-0.2, 0) is 11.6 Å². The van der Waals surface area contributed by atoms with E-state index in [4.69, 9.17) is 4.74 Å². The molecule has 2 fully saturated rings. The van der Waals surface area contributed by atoms with Crippen LogP contribution in [0.2, 0.25) is 0 Å². The van der Waals surface area contributed by atoms with Gasteiger partial charge in [0.1, 0.15) is 11.5 Å². The summed E-state index contributed by atoms with van der Waals surface area (Å²) in [4.78, 5) is 2.66. The van der Waals surface area contributed by atoms with Crippen molar-refractivity contribution in [3.8, 4) is 11.5 Å². The van der Waals surface area contributed by atoms with Crippen LogP contribution < -0.4 is 4.74 Å². The second kappa shape index (κ2) is 12.3. The third-order valence-electron chi connectivity index (χ3n) is 6.61. The van der Waals surface area contributed by atoms with Gasteiger partial charge in [0.2, 0.25) is 0 Å². The summed E-state index contributed by atoms with van der Waals surface area (Å²) in [5, 5.41) is 9.45. The quantitative estimate of drug-likeness (QED) is 0.515. The highest BCUT2D eigenvalue weighted by atomic mass is 19.4. The highest BCUT2D eigenvalue weighted by molar-refractivity contribution is 5.34. The molecule has 4 rings (SSSR count). The van der Waals surface area contributed by atoms with Crippen molar-refractivity contribution in [3.63, 3.8) is 0 Å². The SMILES string of the molecule is CC.CC1CCN(CC2(c3ccc(O)cc3)CCC2)CC1.COc1ccc(C(F)(F)F)cc1. The predicted octanol–water partition coefficient (Wildman–Crippen LogP) is 7.29. The number of phenolic OH excluding ortho intramolecular Hbond substituents is 1. The summed E-state index contributed by atoms with van der Waals surface area (Å²) >= 11 is 0. The topological polar surface area (TPSA) is 32.7 Å². The fourth-order valence-corrected chi connectivity index (χ4v) is 4.38. The van der Waals surface area contributed by atoms with Crippen molar-refractivity contribution < 1.29 is 23.0 Å². The Balaban J connectivity index is 0.000000238. The minimum atomic E-state index is -4.27. The van der Waals surface area contributed by atoms with Crippen LogP contribution in [0, 0.1) is 5.92 Å². The Morgan fingerprint density at radius 1 is 0.970 bits per heavy atom. The summed E-state index contributed by atoms with van der Waals surface area (Å²) in [7, 11) is 1.41. The number of benzene rings is 2. The molecule has 1 N–H and O–H groups in total. The highest BCUT2D eigenvalue weighted by Crippen LogP contribution is 2.45. The predicted molar refractivity (Wildman–Crippen MR) is 128 cm³/mol. The van der Waals surface area contributed by atoms with E-state index < -0.39 is 11.7 Å². The van der Waals surface area contributed by atoms with Gasteiger partial charge in [-0.3, -0.25) is 0 Å². The van der Waals surface area contributed by atoms with Crippen molar-refractivity contribution >= 4 is 0 Å². The molecule has 2 aliphatic rings. The molecular weight excluding hydrogens is 427 g/mol. The zero-order valence-corrected chi connectivity index (χ0v) is 20.3. The summed E-state index contributed by atoms with van der Waals surface area (Å²) in [6, 6.07) is 12.5. The summed E-state index contributed by atoms with van der Waals surface area (Å²) in [5.41, 5.74) is 1.13. The van der Waals surface area contributed by atoms with E-state index in [-0.39, 0.29) is 0 Å². The van der Waals surface area contributed by atoms with Gasteiger partial charge in [-0.15, -0.1) is 0 Å². The Kier molecular flexibility index (Phi) is 10.1. The van der Waals surface area contributed by atoms with E-state index in [9.17, 15) is 18.3 Å². The fraction of sp³-hybridized carbons (Fsp3) is 0.556. The maximum absolute atomic E-state index is 12.0. The number of methoxy groups -OCH3 is 1. The molecular formula is C27H38F3NO2. The second-order valence-electron chi connectivity index (χ2n) is 8.87. The van der Waals surface area contributed by atoms with E-state index in [2.05, 4.69) is 24.0 Å². The summed E-state index contributed by atoms with van der Waals surface area (Å²) in [6.45, 7) is 10.1. The lowest BCUT2D eigenvalue weighted by atomic mass is 9.64. The van der Waals surface area contributed by atoms with Gasteiger partial charge >= 0.3 is 6.18 Å². The van der Waals surface area contributed by atoms with Gasteiger partial charge in [-0.05, 0) is 86.7 Å². The molecule has 0 bridgehead atoms. The number of ether oxygens (including phenoxy) is 1. The zero-order chi connectivity index (χ0) is 24.5. The molecule has 1 aliphatic carbocycles. The first-order chi connectivity index (χ1) is 15.7. The number of hydrogen-bond acceptors (Lipinski definition) is 3. The number of likely N-dealkylation sites (tertiary alicyclic amines) is 1. The lowest BCUT2D eigenvalue weighted by molar-refractivity contribution is -0.137. The maximum atomic E-state index is 12.0. The number of phenols is 1. The molecule has 0 unspecified atom stereocenters. The largest absolute Gasteiger partial charge is 0.508 e. The molecule has 0 spiro atoms. The molecule has 1 saturated heterocycles. The molecule has 0 aromatic heterocycles. The van der Waals surface area contributed by atoms with E-state index in [1.54, 1.807) is 0 Å². The molecule has 0 atom stereocenters. The van der Waals surface area contributed by atoms with Gasteiger partial charge in [-0.25, -0.2) is 0 Å². The monoisotopic (exact) mass is 465 g/mol. The van der Waals surface area contributed by atoms with Crippen molar-refractivity contribution in [2.75, 3.05) is 26.7 Å². The fourth-order valence-electron chi connectivity index (χ4n) is 4.38. The van der Waals surface area contributed by atoms with Crippen molar-refractivity contribution in [2.24, 2.45) is 5.92 Å². The van der Waals surface area contributed by atoms with Gasteiger partial charge in [0.15, 0.2) is 0 Å². The average molecular weight is 466 g/mol. The number of hydrogen-bond donors (Lipinski definition) is 1. The highest BCUT2D eigenvalue weighted by Gasteiger charge is 2.40. The summed E-state index contributed by atoms with van der Waals surface area (Å²) in [5.74, 6) is 1.70. The van der Waals surface area contributed by atoms with Crippen molar-refractivity contribution in [1.29, 1.82) is 0 Å². The van der Waals surface area contributed by atoms with E-state index in [1.807, 2.05) is 26.0 Å². The third-order valence-corrected chi connectivity index (χ3v) is 6.61. The van der Waals surface area contributed by atoms with Gasteiger partial charge in [-0.2, -0.15) is 13.2 Å². The van der Waals surface area contributed by atoms with Crippen LogP contribution in [0.5, 0.6) is 11.5 Å². The second-order valence-corrected chi connectivity index (χ2v) is 8.87. The first-order valence-corrected chi connectivity index (χ1v) is 11.9. The minimum Gasteiger partial charge on any atom is -0.508 e. The molecule has 1 aliphatic heterocycles. The van der Waals surface area contributed by atoms with Crippen LogP contribution in [0.3, 0.4) is 0 Å². The number of rotatable bonds is 4. The van der Waals surface area contributed by atoms with Gasteiger partial charge in [0.05, 0.1) is 12.7 Å². The molecule has 3 nitrogen and oxygen atoms in total. The number of nitrogens with zero attached hydrogens (tertiary/aromatic N) is 1. The van der Waals surface area contributed by atoms with Gasteiger partial charge in [-0.1, -0.05) is 39.3 Å². The Morgan fingerprint density at radius 2 is 1.52 bits per heavy atom. The zero-order valence-electron chi connectivity index (χ0n) is 20.3. The minimum absolute atomic E-state index is 0.369. The van der Waals surface area contributed by atoms with Gasteiger partial charge < -0.3 is 14.7 Å². The molecule has 6 heteroatoms. The maximum Gasteiger partial charge on any atom is 0.416 e. The normalized spacial score (nSPS) is 18.2. The lowest BCUT2D eigenvalue weighted by Crippen LogP contribution is -2.47. The number of alkyl halides is 3. The van der Waals surface area contributed by atoms with Crippen LogP contribution in [0.25, 0.3) is 0 Å². The lowest BCUT2D eigenvalue weighted by Gasteiger charge is -2.47. The Bertz CT molecular complexity index is 807. The summed E-state index contributed by atoms with van der Waals surface area (Å²) in [6.07, 6.45) is 2.41. The standard InChI is InChI=1S/C17H25NO.C8H7F3O.C2H6/c1-14-7-11-18(12-8-14)13-17(9-2-10-17)15-3-5-16(19)6-4-15;1-12-7-4-2-6(3-5-7)8(9,10)11;1-2/h3-6,14,19H,2,7-13H2,1H3;2-5H,1H3;1-2H3. The molecule has 1 saturated carbocycles. The molecule has 1 heterocycles. The van der Waals surface area contributed by atoms with Crippen LogP contribution >= 0.6 is 0 Å². The van der Waals surface area contributed by atoms with Crippen LogP contribution in [0.4, 0.5) is 13.2 Å². The van der Waals surface area contributed by atoms with E-state index in [1.165, 1.54) is 76.5 Å². The van der Waals surface area contributed by atoms with E-state index in [0.717, 1.165) is 18.1 Å². The van der Waals surface area contributed by atoms with E-state index in [0.29, 0.717) is 16.9 Å². The molecule has 0 radical (unpaired) electrons. The van der Waals surface area contributed by atoms with Crippen LogP contribution in [-0.4, -0.2) is 36.8 Å². The van der Waals surface area contributed by atoms with Gasteiger partial charge in [0.25, 0.3) is 0 Å². The third kappa shape index (κ3) is 7.66. The Hall–Kier alpha value is -2.21. The number of piperidine rings is 1. The molecule has 2 aromatic rings. The smallest absolute Gasteiger partial charge is 0.416 e. The molecule has 0 amide bonds. The Morgan fingerprint density at radius 3 is 1.94 bits per heavy atom. The molecule has 2 aromatic carbocycles. The number of aromatic hydroxyl groups is 1. The van der Waals surface area contributed by atoms with Crippen molar-refractivity contribution in [1.82, 2.24) is 4.90 Å². The summed E-state index contributed by atoms with van der Waals surface area (Å²) < 4.78 is 40.7. The van der Waals surface area contributed by atoms with Crippen LogP contribution in [0.1, 0.15) is 64.0 Å². The van der Waals surface area contributed by atoms with Gasteiger partial charge in [0, 0.05) is 12.0 Å². The van der Waals surface area contributed by atoms with Crippen molar-refractivity contribution in [3.05, 3.63) is 59.7 Å². The van der Waals surface area contributed by atoms with E-state index >= 15 is 0 Å². The van der Waals surface area contributed by atoms with Crippen molar-refractivity contribution in [2.45, 2.75) is 64.5 Å².